The van der Waals surface area contributed by atoms with Crippen LogP contribution in [0.15, 0.2) is 24.3 Å². The van der Waals surface area contributed by atoms with Crippen molar-refractivity contribution in [1.29, 1.82) is 0 Å². The lowest BCUT2D eigenvalue weighted by Gasteiger charge is -2.25. The summed E-state index contributed by atoms with van der Waals surface area (Å²) >= 11 is 0. The van der Waals surface area contributed by atoms with E-state index in [-0.39, 0.29) is 11.0 Å². The first-order chi connectivity index (χ1) is 9.90. The summed E-state index contributed by atoms with van der Waals surface area (Å²) in [5.74, 6) is 0.939. The zero-order valence-corrected chi connectivity index (χ0v) is 13.9. The predicted octanol–water partition coefficient (Wildman–Crippen LogP) is 1.67. The molecule has 0 spiro atoms. The first-order valence-corrected chi connectivity index (χ1v) is 8.93. The fourth-order valence-corrected chi connectivity index (χ4v) is 2.86. The highest BCUT2D eigenvalue weighted by atomic mass is 32.2. The predicted molar refractivity (Wildman–Crippen MR) is 87.8 cm³/mol. The topological polar surface area (TPSA) is 72.6 Å². The van der Waals surface area contributed by atoms with Gasteiger partial charge in [0.15, 0.2) is 9.84 Å². The van der Waals surface area contributed by atoms with Gasteiger partial charge in [-0.1, -0.05) is 0 Å². The van der Waals surface area contributed by atoms with E-state index < -0.39 is 9.84 Å². The summed E-state index contributed by atoms with van der Waals surface area (Å²) in [6.07, 6.45) is 0.827. The highest BCUT2D eigenvalue weighted by molar-refractivity contribution is 7.92. The molecule has 0 aliphatic heterocycles. The Kier molecular flexibility index (Phi) is 6.98. The van der Waals surface area contributed by atoms with Crippen LogP contribution in [-0.4, -0.2) is 46.2 Å². The molecule has 2 N–H and O–H groups in total. The molecular weight excluding hydrogens is 288 g/mol. The second kappa shape index (κ2) is 8.24. The van der Waals surface area contributed by atoms with Gasteiger partial charge < -0.3 is 15.4 Å². The van der Waals surface area contributed by atoms with Gasteiger partial charge in [-0.2, -0.15) is 0 Å². The maximum Gasteiger partial charge on any atom is 0.154 e. The maximum absolute atomic E-state index is 12.0. The van der Waals surface area contributed by atoms with Gasteiger partial charge in [0.1, 0.15) is 5.75 Å². The minimum atomic E-state index is -3.04. The Morgan fingerprint density at radius 2 is 1.81 bits per heavy atom. The molecule has 1 aromatic rings. The van der Waals surface area contributed by atoms with Crippen molar-refractivity contribution in [3.05, 3.63) is 24.3 Å². The van der Waals surface area contributed by atoms with Gasteiger partial charge in [-0.15, -0.1) is 0 Å². The summed E-state index contributed by atoms with van der Waals surface area (Å²) < 4.78 is 29.1. The van der Waals surface area contributed by atoms with Gasteiger partial charge in [-0.25, -0.2) is 8.42 Å². The van der Waals surface area contributed by atoms with Gasteiger partial charge in [-0.05, 0) is 51.1 Å². The summed E-state index contributed by atoms with van der Waals surface area (Å²) in [5, 5.41) is -0.343. The number of nitrogens with two attached hydrogens (primary N) is 1. The van der Waals surface area contributed by atoms with Crippen LogP contribution in [0.3, 0.4) is 0 Å². The number of nitrogens with zero attached hydrogens (tertiary/aromatic N) is 1. The SMILES string of the molecule is COc1ccc(N(CCCN)CCS(=O)(=O)C(C)C)cc1. The number of hydrogen-bond donors (Lipinski definition) is 1. The molecule has 1 rings (SSSR count). The molecule has 120 valence electrons. The van der Waals surface area contributed by atoms with Crippen LogP contribution in [0, 0.1) is 0 Å². The van der Waals surface area contributed by atoms with Crippen LogP contribution in [0.4, 0.5) is 5.69 Å². The highest BCUT2D eigenvalue weighted by Gasteiger charge is 2.18. The Balaban J connectivity index is 2.79. The second-order valence-corrected chi connectivity index (χ2v) is 7.92. The lowest BCUT2D eigenvalue weighted by atomic mass is 10.2. The summed E-state index contributed by atoms with van der Waals surface area (Å²) in [6.45, 7) is 5.24. The van der Waals surface area contributed by atoms with Gasteiger partial charge in [0.2, 0.25) is 0 Å². The van der Waals surface area contributed by atoms with Crippen LogP contribution >= 0.6 is 0 Å². The Hall–Kier alpha value is -1.27. The fraction of sp³-hybridized carbons (Fsp3) is 0.600. The number of methoxy groups -OCH3 is 1. The number of rotatable bonds is 9. The van der Waals surface area contributed by atoms with Crippen molar-refractivity contribution >= 4 is 15.5 Å². The van der Waals surface area contributed by atoms with Crippen molar-refractivity contribution in [2.45, 2.75) is 25.5 Å². The minimum Gasteiger partial charge on any atom is -0.497 e. The Bertz CT molecular complexity index is 512. The number of sulfone groups is 1. The van der Waals surface area contributed by atoms with Gasteiger partial charge >= 0.3 is 0 Å². The van der Waals surface area contributed by atoms with E-state index in [0.717, 1.165) is 24.4 Å². The Morgan fingerprint density at radius 1 is 1.19 bits per heavy atom. The summed E-state index contributed by atoms with van der Waals surface area (Å²) in [7, 11) is -1.42. The van der Waals surface area contributed by atoms with Crippen LogP contribution < -0.4 is 15.4 Å². The molecule has 1 aromatic carbocycles. The normalized spacial score (nSPS) is 11.7. The van der Waals surface area contributed by atoms with Crippen LogP contribution in [0.5, 0.6) is 5.75 Å². The number of hydrogen-bond acceptors (Lipinski definition) is 5. The molecule has 0 radical (unpaired) electrons. The molecule has 21 heavy (non-hydrogen) atoms. The van der Waals surface area contributed by atoms with Crippen LogP contribution in [0.25, 0.3) is 0 Å². The molecule has 0 aliphatic carbocycles. The largest absolute Gasteiger partial charge is 0.497 e. The van der Waals surface area contributed by atoms with Crippen LogP contribution in [0.1, 0.15) is 20.3 Å². The molecule has 0 saturated carbocycles. The smallest absolute Gasteiger partial charge is 0.154 e. The van der Waals surface area contributed by atoms with Gasteiger partial charge in [0, 0.05) is 18.8 Å². The summed E-state index contributed by atoms with van der Waals surface area (Å²) in [5.41, 5.74) is 6.55. The van der Waals surface area contributed by atoms with Gasteiger partial charge in [0.05, 0.1) is 18.1 Å². The van der Waals surface area contributed by atoms with E-state index in [1.165, 1.54) is 0 Å². The van der Waals surface area contributed by atoms with Crippen LogP contribution in [-0.2, 0) is 9.84 Å². The molecule has 0 atom stereocenters. The van der Waals surface area contributed by atoms with Crippen molar-refractivity contribution in [2.24, 2.45) is 5.73 Å². The molecule has 5 nitrogen and oxygen atoms in total. The average Bonchev–Trinajstić information content (AvgIpc) is 2.47. The third-order valence-corrected chi connectivity index (χ3v) is 5.62. The lowest BCUT2D eigenvalue weighted by Crippen LogP contribution is -2.33. The molecule has 0 amide bonds. The van der Waals surface area contributed by atoms with Crippen molar-refractivity contribution in [3.8, 4) is 5.75 Å². The van der Waals surface area contributed by atoms with E-state index in [9.17, 15) is 8.42 Å². The average molecular weight is 314 g/mol. The van der Waals surface area contributed by atoms with E-state index in [2.05, 4.69) is 4.90 Å². The Labute approximate surface area is 128 Å². The van der Waals surface area contributed by atoms with E-state index in [1.807, 2.05) is 24.3 Å². The standard InChI is InChI=1S/C15H26N2O3S/c1-13(2)21(18,19)12-11-17(10-4-9-16)14-5-7-15(20-3)8-6-14/h5-8,13H,4,9-12,16H2,1-3H3. The highest BCUT2D eigenvalue weighted by Crippen LogP contribution is 2.19. The number of anilines is 1. The molecule has 0 aliphatic rings. The van der Waals surface area contributed by atoms with Crippen molar-refractivity contribution in [3.63, 3.8) is 0 Å². The zero-order chi connectivity index (χ0) is 15.9. The van der Waals surface area contributed by atoms with Crippen LogP contribution in [0.2, 0.25) is 0 Å². The summed E-state index contributed by atoms with van der Waals surface area (Å²) in [6, 6.07) is 7.64. The molecular formula is C15H26N2O3S. The molecule has 0 fully saturated rings. The third-order valence-electron chi connectivity index (χ3n) is 3.43. The lowest BCUT2D eigenvalue weighted by molar-refractivity contribution is 0.415. The number of benzene rings is 1. The molecule has 0 aromatic heterocycles. The first-order valence-electron chi connectivity index (χ1n) is 7.21. The maximum atomic E-state index is 12.0. The molecule has 0 saturated heterocycles. The second-order valence-electron chi connectivity index (χ2n) is 5.24. The molecule has 6 heteroatoms. The number of ether oxygens (including phenoxy) is 1. The summed E-state index contributed by atoms with van der Waals surface area (Å²) in [4.78, 5) is 2.06. The monoisotopic (exact) mass is 314 g/mol. The molecule has 0 unspecified atom stereocenters. The van der Waals surface area contributed by atoms with E-state index in [0.29, 0.717) is 13.1 Å². The van der Waals surface area contributed by atoms with E-state index >= 15 is 0 Å². The van der Waals surface area contributed by atoms with E-state index in [1.54, 1.807) is 21.0 Å². The quantitative estimate of drug-likeness (QED) is 0.750. The zero-order valence-electron chi connectivity index (χ0n) is 13.1. The minimum absolute atomic E-state index is 0.154. The van der Waals surface area contributed by atoms with Gasteiger partial charge in [0.25, 0.3) is 0 Å². The van der Waals surface area contributed by atoms with Gasteiger partial charge in [-0.3, -0.25) is 0 Å². The van der Waals surface area contributed by atoms with Crippen molar-refractivity contribution in [1.82, 2.24) is 0 Å². The fourth-order valence-electron chi connectivity index (χ4n) is 1.92. The van der Waals surface area contributed by atoms with Crippen molar-refractivity contribution < 1.29 is 13.2 Å². The molecule has 0 bridgehead atoms. The first kappa shape index (κ1) is 17.8. The third kappa shape index (κ3) is 5.55. The molecule has 0 heterocycles. The van der Waals surface area contributed by atoms with Crippen molar-refractivity contribution in [2.75, 3.05) is 37.4 Å². The Morgan fingerprint density at radius 3 is 2.29 bits per heavy atom. The van der Waals surface area contributed by atoms with E-state index in [4.69, 9.17) is 10.5 Å².